The lowest BCUT2D eigenvalue weighted by Crippen LogP contribution is -2.15. The molecule has 0 aliphatic rings. The van der Waals surface area contributed by atoms with Crippen molar-refractivity contribution in [3.05, 3.63) is 58.3 Å². The second-order valence-corrected chi connectivity index (χ2v) is 6.47. The lowest BCUT2D eigenvalue weighted by molar-refractivity contribution is 0.598. The van der Waals surface area contributed by atoms with Gasteiger partial charge in [-0.15, -0.1) is 0 Å². The lowest BCUT2D eigenvalue weighted by Gasteiger charge is -2.12. The predicted octanol–water partition coefficient (Wildman–Crippen LogP) is 3.70. The first-order valence-corrected chi connectivity index (χ1v) is 7.72. The van der Waals surface area contributed by atoms with Gasteiger partial charge in [0.25, 0.3) is 10.0 Å². The zero-order valence-corrected chi connectivity index (χ0v) is 12.4. The summed E-state index contributed by atoms with van der Waals surface area (Å²) in [6.45, 7) is 1.69. The van der Waals surface area contributed by atoms with Gasteiger partial charge < -0.3 is 0 Å². The van der Waals surface area contributed by atoms with Crippen LogP contribution in [0.2, 0.25) is 0 Å². The van der Waals surface area contributed by atoms with Gasteiger partial charge in [-0.2, -0.15) is 0 Å². The van der Waals surface area contributed by atoms with Crippen molar-refractivity contribution in [2.45, 2.75) is 11.8 Å². The Labute approximate surface area is 119 Å². The average Bonchev–Trinajstić information content (AvgIpc) is 2.34. The standard InChI is InChI=1S/C13H11BrFNO2S/c1-9-5-2-3-8-12(9)19(17,18)16-13-10(14)6-4-7-11(13)15/h2-8,16H,1H3. The molecule has 0 atom stereocenters. The highest BCUT2D eigenvalue weighted by molar-refractivity contribution is 9.10. The van der Waals surface area contributed by atoms with Crippen LogP contribution < -0.4 is 4.72 Å². The minimum absolute atomic E-state index is 0.0919. The van der Waals surface area contributed by atoms with Crippen molar-refractivity contribution in [2.24, 2.45) is 0 Å². The largest absolute Gasteiger partial charge is 0.275 e. The minimum atomic E-state index is -3.81. The van der Waals surface area contributed by atoms with Gasteiger partial charge >= 0.3 is 0 Å². The summed E-state index contributed by atoms with van der Waals surface area (Å²) in [5.74, 6) is -0.633. The van der Waals surface area contributed by atoms with Crippen molar-refractivity contribution in [1.29, 1.82) is 0 Å². The van der Waals surface area contributed by atoms with E-state index in [0.717, 1.165) is 0 Å². The van der Waals surface area contributed by atoms with Crippen LogP contribution in [-0.2, 0) is 10.0 Å². The molecule has 0 unspecified atom stereocenters. The van der Waals surface area contributed by atoms with E-state index in [-0.39, 0.29) is 10.6 Å². The van der Waals surface area contributed by atoms with E-state index in [1.165, 1.54) is 18.2 Å². The van der Waals surface area contributed by atoms with E-state index in [1.54, 1.807) is 31.2 Å². The Morgan fingerprint density at radius 2 is 1.79 bits per heavy atom. The SMILES string of the molecule is Cc1ccccc1S(=O)(=O)Nc1c(F)cccc1Br. The zero-order chi connectivity index (χ0) is 14.0. The summed E-state index contributed by atoms with van der Waals surface area (Å²) in [4.78, 5) is 0.130. The number of halogens is 2. The molecule has 0 bridgehead atoms. The van der Waals surface area contributed by atoms with Gasteiger partial charge in [-0.05, 0) is 46.6 Å². The maximum Gasteiger partial charge on any atom is 0.262 e. The van der Waals surface area contributed by atoms with Crippen LogP contribution in [0.4, 0.5) is 10.1 Å². The van der Waals surface area contributed by atoms with Gasteiger partial charge in [-0.1, -0.05) is 24.3 Å². The number of sulfonamides is 1. The lowest BCUT2D eigenvalue weighted by atomic mass is 10.2. The van der Waals surface area contributed by atoms with Crippen LogP contribution in [0.5, 0.6) is 0 Å². The number of hydrogen-bond acceptors (Lipinski definition) is 2. The van der Waals surface area contributed by atoms with Crippen molar-refractivity contribution in [1.82, 2.24) is 0 Å². The summed E-state index contributed by atoms with van der Waals surface area (Å²) in [6, 6.07) is 10.8. The number of rotatable bonds is 3. The smallest absolute Gasteiger partial charge is 0.262 e. The highest BCUT2D eigenvalue weighted by Crippen LogP contribution is 2.28. The Morgan fingerprint density at radius 1 is 1.11 bits per heavy atom. The van der Waals surface area contributed by atoms with Crippen molar-refractivity contribution >= 4 is 31.6 Å². The molecule has 19 heavy (non-hydrogen) atoms. The quantitative estimate of drug-likeness (QED) is 0.923. The summed E-state index contributed by atoms with van der Waals surface area (Å²) in [5, 5.41) is 0. The summed E-state index contributed by atoms with van der Waals surface area (Å²) in [6.07, 6.45) is 0. The fourth-order valence-corrected chi connectivity index (χ4v) is 3.55. The Balaban J connectivity index is 2.46. The maximum atomic E-state index is 13.6. The van der Waals surface area contributed by atoms with Crippen molar-refractivity contribution in [3.8, 4) is 0 Å². The maximum absolute atomic E-state index is 13.6. The van der Waals surface area contributed by atoms with E-state index >= 15 is 0 Å². The second-order valence-electron chi connectivity index (χ2n) is 3.97. The number of para-hydroxylation sites is 1. The molecule has 0 aliphatic heterocycles. The van der Waals surface area contributed by atoms with E-state index in [0.29, 0.717) is 10.0 Å². The summed E-state index contributed by atoms with van der Waals surface area (Å²) in [5.41, 5.74) is 0.508. The molecule has 0 fully saturated rings. The molecule has 0 saturated heterocycles. The highest BCUT2D eigenvalue weighted by atomic mass is 79.9. The average molecular weight is 344 g/mol. The molecule has 3 nitrogen and oxygen atoms in total. The van der Waals surface area contributed by atoms with Crippen LogP contribution in [-0.4, -0.2) is 8.42 Å². The predicted molar refractivity (Wildman–Crippen MR) is 76.1 cm³/mol. The molecule has 0 amide bonds. The molecule has 0 spiro atoms. The van der Waals surface area contributed by atoms with E-state index in [4.69, 9.17) is 0 Å². The Hall–Kier alpha value is -1.40. The van der Waals surface area contributed by atoms with E-state index in [2.05, 4.69) is 20.7 Å². The third-order valence-electron chi connectivity index (χ3n) is 2.58. The molecule has 2 aromatic carbocycles. The Bertz CT molecular complexity index is 696. The molecular formula is C13H11BrFNO2S. The third-order valence-corrected chi connectivity index (χ3v) is 4.75. The van der Waals surface area contributed by atoms with Crippen LogP contribution >= 0.6 is 15.9 Å². The van der Waals surface area contributed by atoms with E-state index < -0.39 is 15.8 Å². The van der Waals surface area contributed by atoms with Crippen LogP contribution in [0.1, 0.15) is 5.56 Å². The second kappa shape index (κ2) is 5.30. The van der Waals surface area contributed by atoms with Crippen LogP contribution in [0.25, 0.3) is 0 Å². The number of hydrogen-bond donors (Lipinski definition) is 1. The highest BCUT2D eigenvalue weighted by Gasteiger charge is 2.19. The molecule has 2 aromatic rings. The van der Waals surface area contributed by atoms with Crippen molar-refractivity contribution in [3.63, 3.8) is 0 Å². The minimum Gasteiger partial charge on any atom is -0.275 e. The monoisotopic (exact) mass is 343 g/mol. The van der Waals surface area contributed by atoms with Crippen LogP contribution in [0, 0.1) is 12.7 Å². The zero-order valence-electron chi connectivity index (χ0n) is 10.0. The number of aryl methyl sites for hydroxylation is 1. The van der Waals surface area contributed by atoms with Gasteiger partial charge in [0.05, 0.1) is 10.6 Å². The fraction of sp³-hybridized carbons (Fsp3) is 0.0769. The van der Waals surface area contributed by atoms with Gasteiger partial charge in [0, 0.05) is 4.47 Å². The van der Waals surface area contributed by atoms with E-state index in [9.17, 15) is 12.8 Å². The molecule has 100 valence electrons. The molecule has 2 rings (SSSR count). The Morgan fingerprint density at radius 3 is 2.42 bits per heavy atom. The molecular weight excluding hydrogens is 333 g/mol. The number of anilines is 1. The fourth-order valence-electron chi connectivity index (χ4n) is 1.64. The summed E-state index contributed by atoms with van der Waals surface area (Å²) >= 11 is 3.12. The van der Waals surface area contributed by atoms with Gasteiger partial charge in [0.2, 0.25) is 0 Å². The Kier molecular flexibility index (Phi) is 3.91. The third kappa shape index (κ3) is 2.96. The molecule has 0 saturated carbocycles. The van der Waals surface area contributed by atoms with Crippen LogP contribution in [0.3, 0.4) is 0 Å². The van der Waals surface area contributed by atoms with Crippen molar-refractivity contribution < 1.29 is 12.8 Å². The van der Waals surface area contributed by atoms with Crippen LogP contribution in [0.15, 0.2) is 51.8 Å². The van der Waals surface area contributed by atoms with Crippen molar-refractivity contribution in [2.75, 3.05) is 4.72 Å². The summed E-state index contributed by atoms with van der Waals surface area (Å²) < 4.78 is 40.7. The molecule has 0 radical (unpaired) electrons. The summed E-state index contributed by atoms with van der Waals surface area (Å²) in [7, 11) is -3.81. The van der Waals surface area contributed by atoms with Gasteiger partial charge in [-0.3, -0.25) is 4.72 Å². The molecule has 0 aromatic heterocycles. The van der Waals surface area contributed by atoms with Gasteiger partial charge in [0.1, 0.15) is 5.82 Å². The first-order valence-electron chi connectivity index (χ1n) is 5.44. The molecule has 0 aliphatic carbocycles. The molecule has 1 N–H and O–H groups in total. The normalized spacial score (nSPS) is 11.3. The number of benzene rings is 2. The molecule has 0 heterocycles. The van der Waals surface area contributed by atoms with E-state index in [1.807, 2.05) is 0 Å². The first kappa shape index (κ1) is 14.0. The topological polar surface area (TPSA) is 46.2 Å². The molecule has 6 heteroatoms. The first-order chi connectivity index (χ1) is 8.92. The van der Waals surface area contributed by atoms with Gasteiger partial charge in [-0.25, -0.2) is 12.8 Å². The number of nitrogens with one attached hydrogen (secondary N) is 1. The van der Waals surface area contributed by atoms with Gasteiger partial charge in [0.15, 0.2) is 0 Å².